The molecule has 0 radical (unpaired) electrons. The number of hydrogen-bond donors (Lipinski definition) is 1. The Labute approximate surface area is 224 Å². The molecule has 0 bridgehead atoms. The van der Waals surface area contributed by atoms with Gasteiger partial charge in [0.1, 0.15) is 0 Å². The van der Waals surface area contributed by atoms with Gasteiger partial charge in [0, 0.05) is 16.5 Å². The first kappa shape index (κ1) is 25.9. The smallest absolute Gasteiger partial charge is 0.306 e. The number of esters is 1. The van der Waals surface area contributed by atoms with Gasteiger partial charge in [0.05, 0.1) is 24.8 Å². The monoisotopic (exact) mass is 509 g/mol. The van der Waals surface area contributed by atoms with Crippen molar-refractivity contribution in [2.45, 2.75) is 63.9 Å². The van der Waals surface area contributed by atoms with Gasteiger partial charge in [-0.15, -0.1) is 0 Å². The molecule has 1 aromatic heterocycles. The molecule has 1 aliphatic rings. The highest BCUT2D eigenvalue weighted by Gasteiger charge is 2.46. The third kappa shape index (κ3) is 5.73. The SMILES string of the molecule is CCOC(=O)CC1(c2ccc(-c3ccc(-c4onc(C)c4CCCC(O)c4ccccc4)cc3)cc2)CC1. The van der Waals surface area contributed by atoms with Gasteiger partial charge in [-0.05, 0) is 68.2 Å². The maximum Gasteiger partial charge on any atom is 0.306 e. The van der Waals surface area contributed by atoms with Gasteiger partial charge in [0.2, 0.25) is 0 Å². The molecule has 1 saturated carbocycles. The minimum absolute atomic E-state index is 0.0493. The van der Waals surface area contributed by atoms with E-state index in [0.29, 0.717) is 19.4 Å². The molecule has 0 saturated heterocycles. The fourth-order valence-corrected chi connectivity index (χ4v) is 5.26. The highest BCUT2D eigenvalue weighted by molar-refractivity contribution is 5.73. The zero-order valence-electron chi connectivity index (χ0n) is 22.2. The van der Waals surface area contributed by atoms with E-state index >= 15 is 0 Å². The van der Waals surface area contributed by atoms with E-state index in [4.69, 9.17) is 9.26 Å². The number of carbonyl (C=O) groups is 1. The summed E-state index contributed by atoms with van der Waals surface area (Å²) in [6.45, 7) is 4.25. The van der Waals surface area contributed by atoms with Crippen LogP contribution < -0.4 is 0 Å². The number of nitrogens with zero attached hydrogens (tertiary/aromatic N) is 1. The Bertz CT molecular complexity index is 1350. The quantitative estimate of drug-likeness (QED) is 0.214. The van der Waals surface area contributed by atoms with Crippen LogP contribution in [-0.4, -0.2) is 22.8 Å². The molecule has 0 amide bonds. The van der Waals surface area contributed by atoms with Crippen molar-refractivity contribution in [3.8, 4) is 22.5 Å². The van der Waals surface area contributed by atoms with Crippen molar-refractivity contribution in [1.29, 1.82) is 0 Å². The van der Waals surface area contributed by atoms with E-state index in [0.717, 1.165) is 65.0 Å². The van der Waals surface area contributed by atoms with Crippen LogP contribution in [-0.2, 0) is 21.4 Å². The Kier molecular flexibility index (Phi) is 7.75. The van der Waals surface area contributed by atoms with Crippen LogP contribution in [0, 0.1) is 6.92 Å². The zero-order chi connectivity index (χ0) is 26.5. The van der Waals surface area contributed by atoms with Crippen LogP contribution in [0.2, 0.25) is 0 Å². The molecule has 5 heteroatoms. The van der Waals surface area contributed by atoms with Gasteiger partial charge in [-0.3, -0.25) is 4.79 Å². The molecular formula is C33H35NO4. The lowest BCUT2D eigenvalue weighted by atomic mass is 9.90. The molecule has 5 nitrogen and oxygen atoms in total. The molecule has 38 heavy (non-hydrogen) atoms. The summed E-state index contributed by atoms with van der Waals surface area (Å²) in [4.78, 5) is 12.0. The molecule has 4 aromatic rings. The van der Waals surface area contributed by atoms with E-state index in [-0.39, 0.29) is 11.4 Å². The van der Waals surface area contributed by atoms with E-state index in [1.807, 2.05) is 44.2 Å². The second kappa shape index (κ2) is 11.4. The fraction of sp³-hybridized carbons (Fsp3) is 0.333. The summed E-state index contributed by atoms with van der Waals surface area (Å²) < 4.78 is 10.9. The second-order valence-electron chi connectivity index (χ2n) is 10.3. The first-order valence-corrected chi connectivity index (χ1v) is 13.5. The van der Waals surface area contributed by atoms with Crippen LogP contribution in [0.1, 0.15) is 67.5 Å². The van der Waals surface area contributed by atoms with Crippen LogP contribution in [0.5, 0.6) is 0 Å². The van der Waals surface area contributed by atoms with Gasteiger partial charge in [-0.2, -0.15) is 0 Å². The standard InChI is InChI=1S/C33H35NO4/c1-3-37-31(36)22-33(20-21-33)28-18-16-25(17-19-28)24-12-14-27(15-13-24)32-29(23(2)34-38-32)10-7-11-30(35)26-8-5-4-6-9-26/h4-6,8-9,12-19,30,35H,3,7,10-11,20-22H2,1-2H3. The lowest BCUT2D eigenvalue weighted by molar-refractivity contribution is -0.143. The van der Waals surface area contributed by atoms with E-state index < -0.39 is 6.10 Å². The van der Waals surface area contributed by atoms with E-state index in [1.54, 1.807) is 0 Å². The second-order valence-corrected chi connectivity index (χ2v) is 10.3. The zero-order valence-corrected chi connectivity index (χ0v) is 22.2. The number of hydrogen-bond acceptors (Lipinski definition) is 5. The maximum atomic E-state index is 12.0. The Hall–Kier alpha value is -3.70. The highest BCUT2D eigenvalue weighted by atomic mass is 16.5. The average molecular weight is 510 g/mol. The molecule has 3 aromatic carbocycles. The van der Waals surface area contributed by atoms with Crippen LogP contribution in [0.25, 0.3) is 22.5 Å². The predicted octanol–water partition coefficient (Wildman–Crippen LogP) is 7.36. The summed E-state index contributed by atoms with van der Waals surface area (Å²) in [5.41, 5.74) is 7.36. The highest BCUT2D eigenvalue weighted by Crippen LogP contribution is 2.51. The summed E-state index contributed by atoms with van der Waals surface area (Å²) >= 11 is 0. The van der Waals surface area contributed by atoms with E-state index in [9.17, 15) is 9.90 Å². The molecule has 1 heterocycles. The van der Waals surface area contributed by atoms with Gasteiger partial charge < -0.3 is 14.4 Å². The van der Waals surface area contributed by atoms with Crippen molar-refractivity contribution in [3.05, 3.63) is 101 Å². The first-order chi connectivity index (χ1) is 18.5. The molecule has 0 aliphatic heterocycles. The van der Waals surface area contributed by atoms with Gasteiger partial charge in [-0.1, -0.05) is 84.0 Å². The normalized spacial score (nSPS) is 14.7. The van der Waals surface area contributed by atoms with Crippen LogP contribution in [0.3, 0.4) is 0 Å². The summed E-state index contributed by atoms with van der Waals surface area (Å²) in [5.74, 6) is 0.687. The molecule has 196 valence electrons. The molecule has 1 atom stereocenters. The molecular weight excluding hydrogens is 474 g/mol. The number of aryl methyl sites for hydroxylation is 1. The fourth-order valence-electron chi connectivity index (χ4n) is 5.26. The predicted molar refractivity (Wildman–Crippen MR) is 149 cm³/mol. The molecule has 1 aliphatic carbocycles. The topological polar surface area (TPSA) is 72.6 Å². The number of ether oxygens (including phenoxy) is 1. The summed E-state index contributed by atoms with van der Waals surface area (Å²) in [6, 6.07) is 26.7. The third-order valence-electron chi connectivity index (χ3n) is 7.69. The minimum Gasteiger partial charge on any atom is -0.466 e. The van der Waals surface area contributed by atoms with Crippen molar-refractivity contribution >= 4 is 5.97 Å². The number of aliphatic hydroxyl groups is 1. The maximum absolute atomic E-state index is 12.0. The molecule has 1 unspecified atom stereocenters. The first-order valence-electron chi connectivity index (χ1n) is 13.5. The van der Waals surface area contributed by atoms with Crippen molar-refractivity contribution < 1.29 is 19.2 Å². The number of aliphatic hydroxyl groups excluding tert-OH is 1. The van der Waals surface area contributed by atoms with Gasteiger partial charge >= 0.3 is 5.97 Å². The summed E-state index contributed by atoms with van der Waals surface area (Å²) in [5, 5.41) is 14.7. The minimum atomic E-state index is -0.467. The van der Waals surface area contributed by atoms with E-state index in [1.165, 1.54) is 5.56 Å². The van der Waals surface area contributed by atoms with Crippen molar-refractivity contribution in [3.63, 3.8) is 0 Å². The Morgan fingerprint density at radius 1 is 0.974 bits per heavy atom. The van der Waals surface area contributed by atoms with Gasteiger partial charge in [0.25, 0.3) is 0 Å². The van der Waals surface area contributed by atoms with Crippen molar-refractivity contribution in [2.75, 3.05) is 6.61 Å². The lowest BCUT2D eigenvalue weighted by Crippen LogP contribution is -2.15. The number of rotatable bonds is 11. The number of aromatic nitrogens is 1. The van der Waals surface area contributed by atoms with Crippen LogP contribution in [0.4, 0.5) is 0 Å². The largest absolute Gasteiger partial charge is 0.466 e. The Morgan fingerprint density at radius 3 is 2.24 bits per heavy atom. The van der Waals surface area contributed by atoms with Crippen LogP contribution >= 0.6 is 0 Å². The molecule has 5 rings (SSSR count). The third-order valence-corrected chi connectivity index (χ3v) is 7.69. The van der Waals surface area contributed by atoms with E-state index in [2.05, 4.69) is 53.7 Å². The average Bonchev–Trinajstić information content (AvgIpc) is 3.64. The number of benzene rings is 3. The van der Waals surface area contributed by atoms with Gasteiger partial charge in [0.15, 0.2) is 5.76 Å². The summed E-state index contributed by atoms with van der Waals surface area (Å²) in [7, 11) is 0. The Balaban J connectivity index is 1.24. The lowest BCUT2D eigenvalue weighted by Gasteiger charge is -2.15. The van der Waals surface area contributed by atoms with Crippen LogP contribution in [0.15, 0.2) is 83.4 Å². The molecule has 1 N–H and O–H groups in total. The molecule has 1 fully saturated rings. The Morgan fingerprint density at radius 2 is 1.61 bits per heavy atom. The van der Waals surface area contributed by atoms with Crippen molar-refractivity contribution in [2.24, 2.45) is 0 Å². The summed E-state index contributed by atoms with van der Waals surface area (Å²) in [6.07, 6.45) is 4.38. The van der Waals surface area contributed by atoms with Crippen molar-refractivity contribution in [1.82, 2.24) is 5.16 Å². The van der Waals surface area contributed by atoms with Gasteiger partial charge in [-0.25, -0.2) is 0 Å². The molecule has 0 spiro atoms. The number of carbonyl (C=O) groups excluding carboxylic acids is 1.